The molecule has 6 nitrogen and oxygen atoms in total. The van der Waals surface area contributed by atoms with Crippen molar-refractivity contribution in [1.82, 2.24) is 5.32 Å². The third kappa shape index (κ3) is 6.56. The van der Waals surface area contributed by atoms with Crippen molar-refractivity contribution >= 4 is 27.7 Å². The van der Waals surface area contributed by atoms with Crippen LogP contribution >= 0.6 is 15.9 Å². The average Bonchev–Trinajstić information content (AvgIpc) is 2.64. The van der Waals surface area contributed by atoms with Gasteiger partial charge in [-0.3, -0.25) is 9.59 Å². The van der Waals surface area contributed by atoms with Gasteiger partial charge in [0.2, 0.25) is 5.91 Å². The lowest BCUT2D eigenvalue weighted by Gasteiger charge is -2.12. The summed E-state index contributed by atoms with van der Waals surface area (Å²) in [6.45, 7) is 0.0349. The molecule has 0 saturated carbocycles. The Labute approximate surface area is 165 Å². The van der Waals surface area contributed by atoms with Crippen LogP contribution < -0.4 is 20.5 Å². The van der Waals surface area contributed by atoms with Crippen molar-refractivity contribution in [2.24, 2.45) is 5.73 Å². The molecule has 2 rings (SSSR count). The van der Waals surface area contributed by atoms with Gasteiger partial charge in [0, 0.05) is 17.4 Å². The molecule has 0 spiro atoms. The highest BCUT2D eigenvalue weighted by atomic mass is 79.9. The highest BCUT2D eigenvalue weighted by molar-refractivity contribution is 9.10. The van der Waals surface area contributed by atoms with E-state index >= 15 is 0 Å². The summed E-state index contributed by atoms with van der Waals surface area (Å²) in [5.41, 5.74) is 6.34. The zero-order valence-electron chi connectivity index (χ0n) is 14.8. The first-order valence-corrected chi connectivity index (χ1v) is 8.97. The van der Waals surface area contributed by atoms with Crippen LogP contribution in [-0.2, 0) is 22.6 Å². The lowest BCUT2D eigenvalue weighted by atomic mass is 10.1. The second kappa shape index (κ2) is 9.91. The van der Waals surface area contributed by atoms with Gasteiger partial charge in [-0.2, -0.15) is 0 Å². The van der Waals surface area contributed by atoms with E-state index in [4.69, 9.17) is 15.2 Å². The van der Waals surface area contributed by atoms with E-state index in [1.54, 1.807) is 30.3 Å². The van der Waals surface area contributed by atoms with Gasteiger partial charge < -0.3 is 20.5 Å². The van der Waals surface area contributed by atoms with E-state index in [-0.39, 0.29) is 31.3 Å². The molecule has 3 N–H and O–H groups in total. The number of rotatable bonds is 9. The van der Waals surface area contributed by atoms with Gasteiger partial charge in [-0.15, -0.1) is 0 Å². The number of aryl methyl sites for hydroxylation is 1. The molecule has 2 aromatic carbocycles. The molecule has 144 valence electrons. The van der Waals surface area contributed by atoms with Crippen molar-refractivity contribution in [2.45, 2.75) is 19.4 Å². The van der Waals surface area contributed by atoms with Crippen molar-refractivity contribution in [3.8, 4) is 11.5 Å². The summed E-state index contributed by atoms with van der Waals surface area (Å²) in [6.07, 6.45) is 0.490. The molecule has 0 aliphatic heterocycles. The Morgan fingerprint density at radius 3 is 2.63 bits per heavy atom. The maximum Gasteiger partial charge on any atom is 0.255 e. The van der Waals surface area contributed by atoms with Crippen LogP contribution in [0.1, 0.15) is 17.5 Å². The molecule has 8 heteroatoms. The zero-order chi connectivity index (χ0) is 19.8. The molecule has 0 aliphatic rings. The third-order valence-electron chi connectivity index (χ3n) is 3.72. The summed E-state index contributed by atoms with van der Waals surface area (Å²) in [5.74, 6) is -0.300. The first-order valence-electron chi connectivity index (χ1n) is 8.17. The summed E-state index contributed by atoms with van der Waals surface area (Å²) in [5, 5.41) is 2.78. The number of carbonyl (C=O) groups excluding carboxylic acids is 2. The number of nitrogens with two attached hydrogens (primary N) is 1. The maximum absolute atomic E-state index is 13.8. The number of carbonyl (C=O) groups is 2. The Morgan fingerprint density at radius 1 is 1.19 bits per heavy atom. The van der Waals surface area contributed by atoms with Crippen molar-refractivity contribution in [1.29, 1.82) is 0 Å². The fraction of sp³-hybridized carbons (Fsp3) is 0.263. The molecule has 0 bridgehead atoms. The molecule has 0 aliphatic carbocycles. The number of halogens is 2. The van der Waals surface area contributed by atoms with E-state index in [1.807, 2.05) is 0 Å². The van der Waals surface area contributed by atoms with Gasteiger partial charge in [0.05, 0.1) is 7.11 Å². The Balaban J connectivity index is 1.87. The van der Waals surface area contributed by atoms with Crippen LogP contribution in [0.15, 0.2) is 40.9 Å². The lowest BCUT2D eigenvalue weighted by molar-refractivity contribution is -0.121. The van der Waals surface area contributed by atoms with Crippen LogP contribution in [0, 0.1) is 5.82 Å². The molecule has 0 fully saturated rings. The number of amides is 2. The van der Waals surface area contributed by atoms with Crippen molar-refractivity contribution in [3.05, 3.63) is 57.8 Å². The van der Waals surface area contributed by atoms with Crippen LogP contribution in [0.3, 0.4) is 0 Å². The monoisotopic (exact) mass is 438 g/mol. The smallest absolute Gasteiger partial charge is 0.255 e. The Kier molecular flexibility index (Phi) is 7.60. The molecule has 0 radical (unpaired) electrons. The van der Waals surface area contributed by atoms with Gasteiger partial charge in [-0.1, -0.05) is 28.1 Å². The number of nitrogens with one attached hydrogen (secondary N) is 1. The van der Waals surface area contributed by atoms with Crippen LogP contribution in [0.4, 0.5) is 4.39 Å². The van der Waals surface area contributed by atoms with Crippen molar-refractivity contribution in [3.63, 3.8) is 0 Å². The normalized spacial score (nSPS) is 10.3. The van der Waals surface area contributed by atoms with Crippen LogP contribution in [0.5, 0.6) is 11.5 Å². The molecule has 0 atom stereocenters. The molecule has 0 aromatic heterocycles. The minimum Gasteiger partial charge on any atom is -0.493 e. The van der Waals surface area contributed by atoms with Gasteiger partial charge in [0.25, 0.3) is 5.91 Å². The van der Waals surface area contributed by atoms with Crippen LogP contribution in [-0.4, -0.2) is 25.5 Å². The first kappa shape index (κ1) is 20.7. The predicted octanol–water partition coefficient (Wildman–Crippen LogP) is 2.71. The Bertz CT molecular complexity index is 829. The number of ether oxygens (including phenoxy) is 2. The summed E-state index contributed by atoms with van der Waals surface area (Å²) < 4.78 is 24.9. The number of methoxy groups -OCH3 is 1. The fourth-order valence-corrected chi connectivity index (χ4v) is 2.68. The zero-order valence-corrected chi connectivity index (χ0v) is 16.3. The molecule has 2 aromatic rings. The molecular formula is C19H20BrFN2O4. The molecule has 0 heterocycles. The van der Waals surface area contributed by atoms with E-state index in [0.717, 1.165) is 5.56 Å². The SMILES string of the molecule is COc1cc(CNC(=O)CCc2ccc(Br)cc2F)ccc1OCC(N)=O. The molecule has 0 saturated heterocycles. The number of hydrogen-bond donors (Lipinski definition) is 2. The third-order valence-corrected chi connectivity index (χ3v) is 4.22. The predicted molar refractivity (Wildman–Crippen MR) is 102 cm³/mol. The highest BCUT2D eigenvalue weighted by Gasteiger charge is 2.10. The fourth-order valence-electron chi connectivity index (χ4n) is 2.35. The van der Waals surface area contributed by atoms with Gasteiger partial charge in [0.15, 0.2) is 18.1 Å². The molecule has 27 heavy (non-hydrogen) atoms. The summed E-state index contributed by atoms with van der Waals surface area (Å²) in [7, 11) is 1.47. The van der Waals surface area contributed by atoms with Crippen molar-refractivity contribution in [2.75, 3.05) is 13.7 Å². The highest BCUT2D eigenvalue weighted by Crippen LogP contribution is 2.28. The molecule has 2 amide bonds. The van der Waals surface area contributed by atoms with E-state index in [2.05, 4.69) is 21.2 Å². The minimum absolute atomic E-state index is 0.176. The van der Waals surface area contributed by atoms with Gasteiger partial charge in [-0.05, 0) is 41.8 Å². The van der Waals surface area contributed by atoms with Crippen LogP contribution in [0.25, 0.3) is 0 Å². The lowest BCUT2D eigenvalue weighted by Crippen LogP contribution is -2.23. The van der Waals surface area contributed by atoms with Gasteiger partial charge >= 0.3 is 0 Å². The minimum atomic E-state index is -0.587. The van der Waals surface area contributed by atoms with Crippen molar-refractivity contribution < 1.29 is 23.5 Å². The standard InChI is InChI=1S/C19H20BrFN2O4/c1-26-17-8-12(2-6-16(17)27-11-18(22)24)10-23-19(25)7-4-13-3-5-14(20)9-15(13)21/h2-3,5-6,8-9H,4,7,10-11H2,1H3,(H2,22,24)(H,23,25). The first-order chi connectivity index (χ1) is 12.9. The quantitative estimate of drug-likeness (QED) is 0.629. The topological polar surface area (TPSA) is 90.7 Å². The summed E-state index contributed by atoms with van der Waals surface area (Å²) in [4.78, 5) is 22.8. The van der Waals surface area contributed by atoms with Gasteiger partial charge in [0.1, 0.15) is 5.82 Å². The number of benzene rings is 2. The van der Waals surface area contributed by atoms with E-state index in [9.17, 15) is 14.0 Å². The van der Waals surface area contributed by atoms with E-state index < -0.39 is 5.91 Å². The Morgan fingerprint density at radius 2 is 1.96 bits per heavy atom. The number of primary amides is 1. The maximum atomic E-state index is 13.8. The average molecular weight is 439 g/mol. The Hall–Kier alpha value is -2.61. The second-order valence-corrected chi connectivity index (χ2v) is 6.67. The molecular weight excluding hydrogens is 419 g/mol. The molecule has 0 unspecified atom stereocenters. The second-order valence-electron chi connectivity index (χ2n) is 5.75. The van der Waals surface area contributed by atoms with E-state index in [1.165, 1.54) is 13.2 Å². The number of hydrogen-bond acceptors (Lipinski definition) is 4. The van der Waals surface area contributed by atoms with E-state index in [0.29, 0.717) is 28.0 Å². The summed E-state index contributed by atoms with van der Waals surface area (Å²) >= 11 is 3.20. The summed E-state index contributed by atoms with van der Waals surface area (Å²) in [6, 6.07) is 9.85. The van der Waals surface area contributed by atoms with Crippen LogP contribution in [0.2, 0.25) is 0 Å². The largest absolute Gasteiger partial charge is 0.493 e. The van der Waals surface area contributed by atoms with Gasteiger partial charge in [-0.25, -0.2) is 4.39 Å².